The van der Waals surface area contributed by atoms with E-state index in [1.807, 2.05) is 12.1 Å². The number of anilines is 2. The maximum absolute atomic E-state index is 11.7. The monoisotopic (exact) mass is 234 g/mol. The van der Waals surface area contributed by atoms with Crippen LogP contribution in [0, 0.1) is 0 Å². The van der Waals surface area contributed by atoms with Crippen molar-refractivity contribution in [3.8, 4) is 0 Å². The van der Waals surface area contributed by atoms with Crippen LogP contribution in [0.25, 0.3) is 0 Å². The van der Waals surface area contributed by atoms with Gasteiger partial charge in [-0.1, -0.05) is 0 Å². The third-order valence-corrected chi connectivity index (χ3v) is 2.69. The van der Waals surface area contributed by atoms with Crippen LogP contribution in [0.3, 0.4) is 0 Å². The van der Waals surface area contributed by atoms with Crippen molar-refractivity contribution in [2.45, 2.75) is 13.3 Å². The zero-order valence-electron chi connectivity index (χ0n) is 9.60. The van der Waals surface area contributed by atoms with E-state index in [9.17, 15) is 9.59 Å². The predicted molar refractivity (Wildman–Crippen MR) is 64.2 cm³/mol. The Hall–Kier alpha value is -2.04. The minimum atomic E-state index is -0.317. The molecule has 90 valence electrons. The number of carbonyl (C=O) groups is 2. The van der Waals surface area contributed by atoms with Crippen LogP contribution in [0.1, 0.15) is 12.5 Å². The number of fused-ring (bicyclic) bond motifs is 1. The largest absolute Gasteiger partial charge is 0.449 e. The Kier molecular flexibility index (Phi) is 3.27. The molecule has 1 heterocycles. The third-order valence-electron chi connectivity index (χ3n) is 2.69. The lowest BCUT2D eigenvalue weighted by atomic mass is 10.1. The van der Waals surface area contributed by atoms with E-state index in [2.05, 4.69) is 5.32 Å². The molecule has 0 radical (unpaired) electrons. The van der Waals surface area contributed by atoms with E-state index >= 15 is 0 Å². The lowest BCUT2D eigenvalue weighted by Gasteiger charge is -2.16. The molecular weight excluding hydrogens is 220 g/mol. The fourth-order valence-electron chi connectivity index (χ4n) is 1.95. The minimum absolute atomic E-state index is 0.317. The molecule has 1 aliphatic rings. The van der Waals surface area contributed by atoms with Crippen LogP contribution in [-0.4, -0.2) is 25.7 Å². The molecule has 0 spiro atoms. The Morgan fingerprint density at radius 3 is 3.12 bits per heavy atom. The zero-order valence-corrected chi connectivity index (χ0v) is 9.60. The smallest absolute Gasteiger partial charge is 0.414 e. The first-order chi connectivity index (χ1) is 8.26. The van der Waals surface area contributed by atoms with E-state index in [-0.39, 0.29) is 6.09 Å². The molecule has 0 aromatic heterocycles. The number of nitrogens with one attached hydrogen (secondary N) is 1. The summed E-state index contributed by atoms with van der Waals surface area (Å²) in [6.45, 7) is 2.78. The number of hydrogen-bond donors (Lipinski definition) is 1. The number of hydrogen-bond acceptors (Lipinski definition) is 3. The summed E-state index contributed by atoms with van der Waals surface area (Å²) < 4.78 is 4.98. The molecule has 5 heteroatoms. The average Bonchev–Trinajstić information content (AvgIpc) is 2.73. The Bertz CT molecular complexity index is 445. The summed E-state index contributed by atoms with van der Waals surface area (Å²) in [5.74, 6) is 0. The van der Waals surface area contributed by atoms with Crippen molar-refractivity contribution in [1.82, 2.24) is 0 Å². The van der Waals surface area contributed by atoms with Gasteiger partial charge in [0, 0.05) is 12.2 Å². The van der Waals surface area contributed by atoms with Crippen LogP contribution in [-0.2, 0) is 16.0 Å². The lowest BCUT2D eigenvalue weighted by Crippen LogP contribution is -2.29. The van der Waals surface area contributed by atoms with E-state index in [0.717, 1.165) is 23.4 Å². The normalized spacial score (nSPS) is 13.1. The molecule has 17 heavy (non-hydrogen) atoms. The fourth-order valence-corrected chi connectivity index (χ4v) is 1.95. The maximum atomic E-state index is 11.7. The Labute approximate surface area is 99.4 Å². The summed E-state index contributed by atoms with van der Waals surface area (Å²) in [5, 5.41) is 2.59. The van der Waals surface area contributed by atoms with Crippen LogP contribution < -0.4 is 10.2 Å². The third kappa shape index (κ3) is 2.22. The molecule has 0 bridgehead atoms. The molecule has 1 aliphatic heterocycles. The van der Waals surface area contributed by atoms with Gasteiger partial charge in [-0.05, 0) is 37.1 Å². The van der Waals surface area contributed by atoms with E-state index in [4.69, 9.17) is 4.74 Å². The molecule has 5 nitrogen and oxygen atoms in total. The SMILES string of the molecule is CCOC(=O)N1CCc2cc(NC=O)ccc21. The number of carbonyl (C=O) groups excluding carboxylic acids is 2. The number of benzene rings is 1. The van der Waals surface area contributed by atoms with Gasteiger partial charge in [0.15, 0.2) is 0 Å². The van der Waals surface area contributed by atoms with Crippen molar-refractivity contribution in [3.63, 3.8) is 0 Å². The highest BCUT2D eigenvalue weighted by Crippen LogP contribution is 2.30. The van der Waals surface area contributed by atoms with E-state index < -0.39 is 0 Å². The Balaban J connectivity index is 2.21. The predicted octanol–water partition coefficient (Wildman–Crippen LogP) is 1.77. The van der Waals surface area contributed by atoms with Gasteiger partial charge in [-0.3, -0.25) is 9.69 Å². The van der Waals surface area contributed by atoms with Crippen molar-refractivity contribution in [1.29, 1.82) is 0 Å². The molecule has 2 rings (SSSR count). The highest BCUT2D eigenvalue weighted by Gasteiger charge is 2.25. The first-order valence-electron chi connectivity index (χ1n) is 5.53. The standard InChI is InChI=1S/C12H14N2O3/c1-2-17-12(16)14-6-5-9-7-10(13-8-15)3-4-11(9)14/h3-4,7-8H,2,5-6H2,1H3,(H,13,15). The van der Waals surface area contributed by atoms with Gasteiger partial charge in [0.1, 0.15) is 0 Å². The highest BCUT2D eigenvalue weighted by atomic mass is 16.6. The first-order valence-corrected chi connectivity index (χ1v) is 5.53. The maximum Gasteiger partial charge on any atom is 0.414 e. The summed E-state index contributed by atoms with van der Waals surface area (Å²) in [6.07, 6.45) is 1.10. The van der Waals surface area contributed by atoms with Crippen LogP contribution in [0.15, 0.2) is 18.2 Å². The van der Waals surface area contributed by atoms with Gasteiger partial charge >= 0.3 is 6.09 Å². The van der Waals surface area contributed by atoms with Crippen molar-refractivity contribution in [3.05, 3.63) is 23.8 Å². The molecule has 1 aromatic carbocycles. The van der Waals surface area contributed by atoms with Gasteiger partial charge in [-0.25, -0.2) is 4.79 Å². The topological polar surface area (TPSA) is 58.6 Å². The molecule has 0 fully saturated rings. The van der Waals surface area contributed by atoms with E-state index in [1.54, 1.807) is 17.9 Å². The second kappa shape index (κ2) is 4.86. The zero-order chi connectivity index (χ0) is 12.3. The second-order valence-electron chi connectivity index (χ2n) is 3.71. The second-order valence-corrected chi connectivity index (χ2v) is 3.71. The number of amides is 2. The summed E-state index contributed by atoms with van der Waals surface area (Å²) in [5.41, 5.74) is 2.65. The Morgan fingerprint density at radius 2 is 2.41 bits per heavy atom. The molecule has 0 atom stereocenters. The van der Waals surface area contributed by atoms with Crippen LogP contribution in [0.2, 0.25) is 0 Å². The van der Waals surface area contributed by atoms with Gasteiger partial charge in [0.05, 0.1) is 12.3 Å². The van der Waals surface area contributed by atoms with Gasteiger partial charge in [-0.2, -0.15) is 0 Å². The van der Waals surface area contributed by atoms with Crippen molar-refractivity contribution >= 4 is 23.9 Å². The number of nitrogens with zero attached hydrogens (tertiary/aromatic N) is 1. The Morgan fingerprint density at radius 1 is 1.59 bits per heavy atom. The average molecular weight is 234 g/mol. The fraction of sp³-hybridized carbons (Fsp3) is 0.333. The van der Waals surface area contributed by atoms with Crippen molar-refractivity contribution in [2.75, 3.05) is 23.4 Å². The van der Waals surface area contributed by atoms with Crippen LogP contribution in [0.5, 0.6) is 0 Å². The van der Waals surface area contributed by atoms with Crippen molar-refractivity contribution < 1.29 is 14.3 Å². The minimum Gasteiger partial charge on any atom is -0.449 e. The van der Waals surface area contributed by atoms with Gasteiger partial charge in [0.25, 0.3) is 0 Å². The van der Waals surface area contributed by atoms with Crippen molar-refractivity contribution in [2.24, 2.45) is 0 Å². The lowest BCUT2D eigenvalue weighted by molar-refractivity contribution is -0.105. The molecule has 2 amide bonds. The number of rotatable bonds is 3. The first kappa shape index (κ1) is 11.4. The summed E-state index contributed by atoms with van der Waals surface area (Å²) >= 11 is 0. The number of ether oxygens (including phenoxy) is 1. The quantitative estimate of drug-likeness (QED) is 0.811. The molecule has 0 saturated carbocycles. The van der Waals surface area contributed by atoms with E-state index in [0.29, 0.717) is 19.6 Å². The van der Waals surface area contributed by atoms with Crippen LogP contribution in [0.4, 0.5) is 16.2 Å². The van der Waals surface area contributed by atoms with Gasteiger partial charge < -0.3 is 10.1 Å². The highest BCUT2D eigenvalue weighted by molar-refractivity contribution is 5.91. The molecule has 1 aromatic rings. The molecule has 0 unspecified atom stereocenters. The van der Waals surface area contributed by atoms with E-state index in [1.165, 1.54) is 0 Å². The van der Waals surface area contributed by atoms with Gasteiger partial charge in [-0.15, -0.1) is 0 Å². The summed E-state index contributed by atoms with van der Waals surface area (Å²) in [6, 6.07) is 5.47. The summed E-state index contributed by atoms with van der Waals surface area (Å²) in [4.78, 5) is 23.6. The van der Waals surface area contributed by atoms with Gasteiger partial charge in [0.2, 0.25) is 6.41 Å². The molecular formula is C12H14N2O3. The molecule has 0 saturated heterocycles. The molecule has 0 aliphatic carbocycles. The van der Waals surface area contributed by atoms with Crippen LogP contribution >= 0.6 is 0 Å². The summed E-state index contributed by atoms with van der Waals surface area (Å²) in [7, 11) is 0. The molecule has 1 N–H and O–H groups in total.